The minimum Gasteiger partial charge on any atom is -0.396 e. The standard InChI is InChI=1S/C14H28N2O/c1-12-8-15-7-5-4-6-13(15)9-16(12)10-14(2,3)11-17/h12-13,17H,4-11H2,1-3H3. The summed E-state index contributed by atoms with van der Waals surface area (Å²) in [4.78, 5) is 5.26. The molecule has 0 saturated carbocycles. The maximum atomic E-state index is 9.41. The Hall–Kier alpha value is -0.120. The molecule has 0 aromatic rings. The fourth-order valence-electron chi connectivity index (χ4n) is 3.23. The van der Waals surface area contributed by atoms with Crippen LogP contribution in [0.4, 0.5) is 0 Å². The molecule has 0 radical (unpaired) electrons. The number of rotatable bonds is 3. The molecule has 2 heterocycles. The van der Waals surface area contributed by atoms with E-state index in [1.54, 1.807) is 0 Å². The number of fused-ring (bicyclic) bond motifs is 1. The van der Waals surface area contributed by atoms with Crippen LogP contribution in [0, 0.1) is 5.41 Å². The molecule has 0 aliphatic carbocycles. The van der Waals surface area contributed by atoms with Crippen molar-refractivity contribution in [2.45, 2.75) is 52.1 Å². The number of nitrogens with zero attached hydrogens (tertiary/aromatic N) is 2. The van der Waals surface area contributed by atoms with Crippen LogP contribution in [0.1, 0.15) is 40.0 Å². The van der Waals surface area contributed by atoms with Gasteiger partial charge in [-0.25, -0.2) is 0 Å². The van der Waals surface area contributed by atoms with E-state index in [0.29, 0.717) is 6.04 Å². The molecule has 17 heavy (non-hydrogen) atoms. The van der Waals surface area contributed by atoms with Crippen molar-refractivity contribution in [3.05, 3.63) is 0 Å². The normalized spacial score (nSPS) is 32.5. The van der Waals surface area contributed by atoms with E-state index in [1.165, 1.54) is 38.9 Å². The zero-order chi connectivity index (χ0) is 12.5. The van der Waals surface area contributed by atoms with Crippen LogP contribution in [0.15, 0.2) is 0 Å². The monoisotopic (exact) mass is 240 g/mol. The lowest BCUT2D eigenvalue weighted by Crippen LogP contribution is -2.60. The van der Waals surface area contributed by atoms with Crippen molar-refractivity contribution in [1.82, 2.24) is 9.80 Å². The minimum atomic E-state index is 0.0328. The van der Waals surface area contributed by atoms with Gasteiger partial charge in [0.1, 0.15) is 0 Å². The first-order valence-corrected chi connectivity index (χ1v) is 7.11. The summed E-state index contributed by atoms with van der Waals surface area (Å²) in [5.41, 5.74) is 0.0328. The van der Waals surface area contributed by atoms with Gasteiger partial charge in [-0.15, -0.1) is 0 Å². The highest BCUT2D eigenvalue weighted by molar-refractivity contribution is 4.90. The van der Waals surface area contributed by atoms with Crippen molar-refractivity contribution < 1.29 is 5.11 Å². The van der Waals surface area contributed by atoms with E-state index in [-0.39, 0.29) is 12.0 Å². The van der Waals surface area contributed by atoms with E-state index in [4.69, 9.17) is 0 Å². The van der Waals surface area contributed by atoms with Crippen molar-refractivity contribution in [2.24, 2.45) is 5.41 Å². The summed E-state index contributed by atoms with van der Waals surface area (Å²) in [6, 6.07) is 1.41. The molecule has 3 heteroatoms. The van der Waals surface area contributed by atoms with E-state index in [0.717, 1.165) is 12.6 Å². The number of piperazine rings is 1. The molecule has 0 amide bonds. The van der Waals surface area contributed by atoms with Gasteiger partial charge in [0.05, 0.1) is 0 Å². The van der Waals surface area contributed by atoms with E-state index < -0.39 is 0 Å². The molecule has 3 nitrogen and oxygen atoms in total. The maximum Gasteiger partial charge on any atom is 0.0494 e. The zero-order valence-corrected chi connectivity index (χ0v) is 11.7. The molecule has 2 aliphatic heterocycles. The van der Waals surface area contributed by atoms with Crippen LogP contribution in [0.5, 0.6) is 0 Å². The summed E-state index contributed by atoms with van der Waals surface area (Å²) in [5, 5.41) is 9.41. The Kier molecular flexibility index (Phi) is 4.11. The van der Waals surface area contributed by atoms with Crippen molar-refractivity contribution in [2.75, 3.05) is 32.8 Å². The van der Waals surface area contributed by atoms with Crippen molar-refractivity contribution >= 4 is 0 Å². The lowest BCUT2D eigenvalue weighted by Gasteiger charge is -2.49. The molecule has 0 spiro atoms. The lowest BCUT2D eigenvalue weighted by molar-refractivity contribution is -0.0110. The molecular weight excluding hydrogens is 212 g/mol. The number of aliphatic hydroxyl groups is 1. The zero-order valence-electron chi connectivity index (χ0n) is 11.7. The largest absolute Gasteiger partial charge is 0.396 e. The Balaban J connectivity index is 1.95. The second-order valence-corrected chi connectivity index (χ2v) is 6.75. The number of hydrogen-bond acceptors (Lipinski definition) is 3. The average Bonchev–Trinajstić information content (AvgIpc) is 2.30. The summed E-state index contributed by atoms with van der Waals surface area (Å²) >= 11 is 0. The number of aliphatic hydroxyl groups excluding tert-OH is 1. The Morgan fingerprint density at radius 1 is 1.24 bits per heavy atom. The van der Waals surface area contributed by atoms with E-state index in [1.807, 2.05) is 0 Å². The Morgan fingerprint density at radius 3 is 2.71 bits per heavy atom. The minimum absolute atomic E-state index is 0.0328. The molecule has 2 atom stereocenters. The van der Waals surface area contributed by atoms with E-state index in [9.17, 15) is 5.11 Å². The van der Waals surface area contributed by atoms with Gasteiger partial charge in [-0.05, 0) is 26.3 Å². The van der Waals surface area contributed by atoms with Crippen molar-refractivity contribution in [3.8, 4) is 0 Å². The average molecular weight is 240 g/mol. The van der Waals surface area contributed by atoms with Crippen LogP contribution in [-0.2, 0) is 0 Å². The molecule has 1 N–H and O–H groups in total. The molecule has 2 saturated heterocycles. The van der Waals surface area contributed by atoms with Gasteiger partial charge < -0.3 is 5.11 Å². The third-order valence-electron chi connectivity index (χ3n) is 4.38. The summed E-state index contributed by atoms with van der Waals surface area (Å²) in [6.45, 7) is 11.7. The topological polar surface area (TPSA) is 26.7 Å². The van der Waals surface area contributed by atoms with Crippen LogP contribution in [0.2, 0.25) is 0 Å². The van der Waals surface area contributed by atoms with Crippen molar-refractivity contribution in [3.63, 3.8) is 0 Å². The molecule has 2 rings (SSSR count). The SMILES string of the molecule is CC1CN2CCCCC2CN1CC(C)(C)CO. The molecule has 2 unspecified atom stereocenters. The Bertz CT molecular complexity index is 255. The second-order valence-electron chi connectivity index (χ2n) is 6.75. The van der Waals surface area contributed by atoms with Crippen LogP contribution in [0.3, 0.4) is 0 Å². The van der Waals surface area contributed by atoms with Gasteiger partial charge in [0.2, 0.25) is 0 Å². The Labute approximate surface area is 106 Å². The van der Waals surface area contributed by atoms with E-state index in [2.05, 4.69) is 30.6 Å². The Morgan fingerprint density at radius 2 is 2.00 bits per heavy atom. The van der Waals surface area contributed by atoms with Crippen LogP contribution in [-0.4, -0.2) is 59.8 Å². The second kappa shape index (κ2) is 5.25. The highest BCUT2D eigenvalue weighted by Crippen LogP contribution is 2.26. The molecule has 0 aromatic carbocycles. The third-order valence-corrected chi connectivity index (χ3v) is 4.38. The highest BCUT2D eigenvalue weighted by Gasteiger charge is 2.34. The first-order valence-electron chi connectivity index (χ1n) is 7.11. The van der Waals surface area contributed by atoms with Gasteiger partial charge in [-0.1, -0.05) is 20.3 Å². The van der Waals surface area contributed by atoms with Crippen molar-refractivity contribution in [1.29, 1.82) is 0 Å². The fourth-order valence-corrected chi connectivity index (χ4v) is 3.23. The summed E-state index contributed by atoms with van der Waals surface area (Å²) in [7, 11) is 0. The quantitative estimate of drug-likeness (QED) is 0.811. The number of hydrogen-bond donors (Lipinski definition) is 1. The molecular formula is C14H28N2O. The van der Waals surface area contributed by atoms with Gasteiger partial charge in [-0.3, -0.25) is 9.80 Å². The number of piperidine rings is 1. The summed E-state index contributed by atoms with van der Waals surface area (Å²) in [5.74, 6) is 0. The predicted molar refractivity (Wildman–Crippen MR) is 71.1 cm³/mol. The smallest absolute Gasteiger partial charge is 0.0494 e. The molecule has 2 fully saturated rings. The fraction of sp³-hybridized carbons (Fsp3) is 1.00. The maximum absolute atomic E-state index is 9.41. The van der Waals surface area contributed by atoms with Gasteiger partial charge in [0.15, 0.2) is 0 Å². The van der Waals surface area contributed by atoms with E-state index >= 15 is 0 Å². The van der Waals surface area contributed by atoms with Crippen LogP contribution < -0.4 is 0 Å². The molecule has 0 bridgehead atoms. The van der Waals surface area contributed by atoms with Crippen LogP contribution in [0.25, 0.3) is 0 Å². The van der Waals surface area contributed by atoms with Crippen LogP contribution >= 0.6 is 0 Å². The predicted octanol–water partition coefficient (Wildman–Crippen LogP) is 1.56. The first-order chi connectivity index (χ1) is 8.02. The highest BCUT2D eigenvalue weighted by atomic mass is 16.3. The molecule has 100 valence electrons. The first kappa shape index (κ1) is 13.3. The molecule has 2 aliphatic rings. The van der Waals surface area contributed by atoms with Gasteiger partial charge >= 0.3 is 0 Å². The van der Waals surface area contributed by atoms with Gasteiger partial charge in [0.25, 0.3) is 0 Å². The van der Waals surface area contributed by atoms with Gasteiger partial charge in [0, 0.05) is 43.7 Å². The summed E-state index contributed by atoms with van der Waals surface area (Å²) < 4.78 is 0. The lowest BCUT2D eigenvalue weighted by atomic mass is 9.91. The van der Waals surface area contributed by atoms with Gasteiger partial charge in [-0.2, -0.15) is 0 Å². The summed E-state index contributed by atoms with van der Waals surface area (Å²) in [6.07, 6.45) is 4.14. The third kappa shape index (κ3) is 3.21. The molecule has 0 aromatic heterocycles.